The van der Waals surface area contributed by atoms with Crippen LogP contribution in [0.15, 0.2) is 53.4 Å². The maximum absolute atomic E-state index is 6.05. The molecule has 2 aromatic carbocycles. The van der Waals surface area contributed by atoms with E-state index >= 15 is 0 Å². The van der Waals surface area contributed by atoms with Gasteiger partial charge in [0.1, 0.15) is 12.4 Å². The van der Waals surface area contributed by atoms with Gasteiger partial charge in [-0.15, -0.1) is 11.8 Å². The van der Waals surface area contributed by atoms with E-state index in [9.17, 15) is 0 Å². The Kier molecular flexibility index (Phi) is 5.43. The molecule has 0 aliphatic heterocycles. The lowest BCUT2D eigenvalue weighted by molar-refractivity contribution is 0.332. The average molecular weight is 294 g/mol. The van der Waals surface area contributed by atoms with Crippen LogP contribution in [0.25, 0.3) is 0 Å². The maximum atomic E-state index is 6.05. The second kappa shape index (κ2) is 7.31. The van der Waals surface area contributed by atoms with Gasteiger partial charge in [-0.05, 0) is 42.7 Å². The van der Waals surface area contributed by atoms with Crippen LogP contribution in [0.4, 0.5) is 5.69 Å². The molecule has 0 heterocycles. The highest BCUT2D eigenvalue weighted by Crippen LogP contribution is 2.20. The first-order valence-corrected chi connectivity index (χ1v) is 7.65. The van der Waals surface area contributed by atoms with Gasteiger partial charge in [-0.1, -0.05) is 23.7 Å². The lowest BCUT2D eigenvalue weighted by Gasteiger charge is -2.10. The molecule has 0 spiro atoms. The minimum Gasteiger partial charge on any atom is -0.492 e. The molecular formula is C15H16ClNOS. The smallest absolute Gasteiger partial charge is 0.119 e. The van der Waals surface area contributed by atoms with Crippen molar-refractivity contribution in [3.05, 3.63) is 53.6 Å². The van der Waals surface area contributed by atoms with Crippen LogP contribution in [0, 0.1) is 0 Å². The van der Waals surface area contributed by atoms with Crippen molar-refractivity contribution in [2.45, 2.75) is 4.90 Å². The molecule has 0 fully saturated rings. The Labute approximate surface area is 123 Å². The van der Waals surface area contributed by atoms with Crippen molar-refractivity contribution in [1.82, 2.24) is 0 Å². The van der Waals surface area contributed by atoms with E-state index in [1.807, 2.05) is 36.4 Å². The Hall–Kier alpha value is -1.32. The predicted molar refractivity (Wildman–Crippen MR) is 83.7 cm³/mol. The zero-order valence-corrected chi connectivity index (χ0v) is 12.3. The van der Waals surface area contributed by atoms with E-state index in [2.05, 4.69) is 23.7 Å². The molecule has 0 amide bonds. The monoisotopic (exact) mass is 293 g/mol. The number of benzene rings is 2. The maximum Gasteiger partial charge on any atom is 0.119 e. The van der Waals surface area contributed by atoms with Crippen LogP contribution in [0.2, 0.25) is 5.02 Å². The summed E-state index contributed by atoms with van der Waals surface area (Å²) in [6.45, 7) is 1.32. The zero-order valence-electron chi connectivity index (χ0n) is 10.7. The molecule has 4 heteroatoms. The van der Waals surface area contributed by atoms with Crippen molar-refractivity contribution >= 4 is 29.1 Å². The lowest BCUT2D eigenvalue weighted by atomic mass is 10.3. The van der Waals surface area contributed by atoms with E-state index in [0.717, 1.165) is 16.5 Å². The van der Waals surface area contributed by atoms with Crippen LogP contribution >= 0.6 is 23.4 Å². The summed E-state index contributed by atoms with van der Waals surface area (Å²) < 4.78 is 5.65. The third-order valence-electron chi connectivity index (χ3n) is 2.62. The van der Waals surface area contributed by atoms with Crippen molar-refractivity contribution < 1.29 is 4.74 Å². The number of ether oxygens (including phenoxy) is 1. The number of anilines is 1. The molecule has 19 heavy (non-hydrogen) atoms. The summed E-state index contributed by atoms with van der Waals surface area (Å²) in [5.41, 5.74) is 0.936. The number of hydrogen-bond acceptors (Lipinski definition) is 3. The van der Waals surface area contributed by atoms with E-state index in [-0.39, 0.29) is 0 Å². The van der Waals surface area contributed by atoms with Gasteiger partial charge in [0.2, 0.25) is 0 Å². The highest BCUT2D eigenvalue weighted by molar-refractivity contribution is 7.98. The van der Waals surface area contributed by atoms with Gasteiger partial charge in [0.25, 0.3) is 0 Å². The molecule has 0 aliphatic rings. The standard InChI is InChI=1S/C15H16ClNOS/c1-19-13-8-6-12(7-9-13)18-11-10-17-15-5-3-2-4-14(15)16/h2-9,17H,10-11H2,1H3. The Bertz CT molecular complexity index is 516. The van der Waals surface area contributed by atoms with Gasteiger partial charge in [-0.3, -0.25) is 0 Å². The molecule has 0 atom stereocenters. The minimum atomic E-state index is 0.601. The molecule has 2 nitrogen and oxygen atoms in total. The normalized spacial score (nSPS) is 10.2. The van der Waals surface area contributed by atoms with Crippen LogP contribution in [0.5, 0.6) is 5.75 Å². The number of thioether (sulfide) groups is 1. The summed E-state index contributed by atoms with van der Waals surface area (Å²) in [7, 11) is 0. The average Bonchev–Trinajstić information content (AvgIpc) is 2.46. The molecule has 0 saturated heterocycles. The van der Waals surface area contributed by atoms with Crippen molar-refractivity contribution in [3.63, 3.8) is 0 Å². The van der Waals surface area contributed by atoms with Crippen molar-refractivity contribution in [1.29, 1.82) is 0 Å². The Morgan fingerprint density at radius 1 is 1.11 bits per heavy atom. The van der Waals surface area contributed by atoms with Crippen LogP contribution in [-0.2, 0) is 0 Å². The number of halogens is 1. The van der Waals surface area contributed by atoms with Gasteiger partial charge in [-0.2, -0.15) is 0 Å². The molecular weight excluding hydrogens is 278 g/mol. The van der Waals surface area contributed by atoms with Crippen LogP contribution in [0.1, 0.15) is 0 Å². The molecule has 0 aliphatic carbocycles. The Balaban J connectivity index is 1.76. The summed E-state index contributed by atoms with van der Waals surface area (Å²) >= 11 is 7.77. The van der Waals surface area contributed by atoms with Gasteiger partial charge >= 0.3 is 0 Å². The van der Waals surface area contributed by atoms with Crippen LogP contribution in [0.3, 0.4) is 0 Å². The molecule has 2 aromatic rings. The van der Waals surface area contributed by atoms with Crippen molar-refractivity contribution in [2.24, 2.45) is 0 Å². The second-order valence-electron chi connectivity index (χ2n) is 3.93. The van der Waals surface area contributed by atoms with Crippen LogP contribution < -0.4 is 10.1 Å². The summed E-state index contributed by atoms with van der Waals surface area (Å²) in [5.74, 6) is 0.888. The van der Waals surface area contributed by atoms with E-state index in [4.69, 9.17) is 16.3 Å². The Morgan fingerprint density at radius 2 is 1.84 bits per heavy atom. The number of hydrogen-bond donors (Lipinski definition) is 1. The van der Waals surface area contributed by atoms with Gasteiger partial charge in [-0.25, -0.2) is 0 Å². The second-order valence-corrected chi connectivity index (χ2v) is 5.22. The molecule has 1 N–H and O–H groups in total. The first kappa shape index (κ1) is 14.1. The lowest BCUT2D eigenvalue weighted by Crippen LogP contribution is -2.11. The number of nitrogens with one attached hydrogen (secondary N) is 1. The van der Waals surface area contributed by atoms with Gasteiger partial charge in [0, 0.05) is 11.4 Å². The highest BCUT2D eigenvalue weighted by Gasteiger charge is 1.98. The third kappa shape index (κ3) is 4.37. The molecule has 0 bridgehead atoms. The summed E-state index contributed by atoms with van der Waals surface area (Å²) in [6.07, 6.45) is 2.06. The fourth-order valence-corrected chi connectivity index (χ4v) is 2.24. The van der Waals surface area contributed by atoms with E-state index in [1.165, 1.54) is 4.90 Å². The Morgan fingerprint density at radius 3 is 2.53 bits per heavy atom. The SMILES string of the molecule is CSc1ccc(OCCNc2ccccc2Cl)cc1. The van der Waals surface area contributed by atoms with Gasteiger partial charge in [0.05, 0.1) is 10.7 Å². The molecule has 0 unspecified atom stereocenters. The quantitative estimate of drug-likeness (QED) is 0.623. The molecule has 0 aromatic heterocycles. The van der Waals surface area contributed by atoms with Crippen molar-refractivity contribution in [2.75, 3.05) is 24.7 Å². The zero-order chi connectivity index (χ0) is 13.5. The summed E-state index contributed by atoms with van der Waals surface area (Å²) in [4.78, 5) is 1.24. The fourth-order valence-electron chi connectivity index (χ4n) is 1.63. The highest BCUT2D eigenvalue weighted by atomic mass is 35.5. The molecule has 2 rings (SSSR count). The molecule has 100 valence electrons. The van der Waals surface area contributed by atoms with Crippen molar-refractivity contribution in [3.8, 4) is 5.75 Å². The molecule has 0 saturated carbocycles. The predicted octanol–water partition coefficient (Wildman–Crippen LogP) is 4.55. The van der Waals surface area contributed by atoms with Gasteiger partial charge in [0.15, 0.2) is 0 Å². The fraction of sp³-hybridized carbons (Fsp3) is 0.200. The van der Waals surface area contributed by atoms with Gasteiger partial charge < -0.3 is 10.1 Å². The summed E-state index contributed by atoms with van der Waals surface area (Å²) in [6, 6.07) is 15.8. The first-order valence-electron chi connectivity index (χ1n) is 6.05. The minimum absolute atomic E-state index is 0.601. The summed E-state index contributed by atoms with van der Waals surface area (Å²) in [5, 5.41) is 3.97. The largest absolute Gasteiger partial charge is 0.492 e. The number of rotatable bonds is 6. The number of para-hydroxylation sites is 1. The van der Waals surface area contributed by atoms with E-state index in [0.29, 0.717) is 13.2 Å². The van der Waals surface area contributed by atoms with Crippen LogP contribution in [-0.4, -0.2) is 19.4 Å². The van der Waals surface area contributed by atoms with E-state index < -0.39 is 0 Å². The topological polar surface area (TPSA) is 21.3 Å². The molecule has 0 radical (unpaired) electrons. The first-order chi connectivity index (χ1) is 9.29. The van der Waals surface area contributed by atoms with E-state index in [1.54, 1.807) is 11.8 Å². The third-order valence-corrected chi connectivity index (χ3v) is 3.69.